The summed E-state index contributed by atoms with van der Waals surface area (Å²) < 4.78 is 47.0. The van der Waals surface area contributed by atoms with Crippen molar-refractivity contribution in [1.29, 1.82) is 0 Å². The van der Waals surface area contributed by atoms with Gasteiger partial charge in [0.15, 0.2) is 11.8 Å². The molecule has 1 aromatic heterocycles. The highest BCUT2D eigenvalue weighted by atomic mass is 32.2. The van der Waals surface area contributed by atoms with Crippen molar-refractivity contribution in [3.05, 3.63) is 24.3 Å². The van der Waals surface area contributed by atoms with Gasteiger partial charge in [-0.05, 0) is 12.1 Å². The summed E-state index contributed by atoms with van der Waals surface area (Å²) in [5.41, 5.74) is 1.82. The number of carbonyl (C=O) groups excluding carboxylic acids is 1. The van der Waals surface area contributed by atoms with Crippen molar-refractivity contribution in [3.8, 4) is 0 Å². The minimum Gasteiger partial charge on any atom is -0.440 e. The van der Waals surface area contributed by atoms with Gasteiger partial charge < -0.3 is 19.4 Å². The van der Waals surface area contributed by atoms with E-state index < -0.39 is 18.9 Å². The molecule has 0 atom stereocenters. The molecule has 2 rings (SSSR count). The SMILES string of the molecule is COCCn1c(SCCNC(=O)OCC(F)(F)F)nc2ccccc21. The minimum atomic E-state index is -4.53. The van der Waals surface area contributed by atoms with Gasteiger partial charge in [-0.15, -0.1) is 0 Å². The number of hydrogen-bond donors (Lipinski definition) is 1. The van der Waals surface area contributed by atoms with E-state index in [2.05, 4.69) is 15.0 Å². The lowest BCUT2D eigenvalue weighted by Gasteiger charge is -2.10. The molecule has 0 saturated carbocycles. The number of aromatic nitrogens is 2. The number of halogens is 3. The number of rotatable bonds is 8. The fourth-order valence-electron chi connectivity index (χ4n) is 2.06. The van der Waals surface area contributed by atoms with E-state index in [1.54, 1.807) is 7.11 Å². The third-order valence-electron chi connectivity index (χ3n) is 3.11. The van der Waals surface area contributed by atoms with Crippen LogP contribution in [0.1, 0.15) is 0 Å². The summed E-state index contributed by atoms with van der Waals surface area (Å²) >= 11 is 1.39. The van der Waals surface area contributed by atoms with Gasteiger partial charge >= 0.3 is 12.3 Å². The Morgan fingerprint density at radius 3 is 2.84 bits per heavy atom. The van der Waals surface area contributed by atoms with Gasteiger partial charge in [0.1, 0.15) is 0 Å². The number of imidazole rings is 1. The number of alkyl halides is 3. The number of methoxy groups -OCH3 is 1. The topological polar surface area (TPSA) is 65.4 Å². The van der Waals surface area contributed by atoms with Crippen molar-refractivity contribution in [3.63, 3.8) is 0 Å². The smallest absolute Gasteiger partial charge is 0.422 e. The van der Waals surface area contributed by atoms with E-state index in [4.69, 9.17) is 4.74 Å². The quantitative estimate of drug-likeness (QED) is 0.566. The van der Waals surface area contributed by atoms with Crippen molar-refractivity contribution in [2.75, 3.05) is 32.6 Å². The normalized spacial score (nSPS) is 11.7. The summed E-state index contributed by atoms with van der Waals surface area (Å²) in [5, 5.41) is 3.03. The van der Waals surface area contributed by atoms with Crippen LogP contribution in [-0.2, 0) is 16.0 Å². The molecule has 10 heteroatoms. The van der Waals surface area contributed by atoms with Crippen LogP contribution in [-0.4, -0.2) is 54.4 Å². The first-order valence-corrected chi connectivity index (χ1v) is 8.43. The number of para-hydroxylation sites is 2. The van der Waals surface area contributed by atoms with Gasteiger partial charge in [0.05, 0.1) is 17.6 Å². The van der Waals surface area contributed by atoms with Gasteiger partial charge in [0.25, 0.3) is 0 Å². The monoisotopic (exact) mass is 377 g/mol. The molecule has 138 valence electrons. The highest BCUT2D eigenvalue weighted by Crippen LogP contribution is 2.23. The first kappa shape index (κ1) is 19.4. The van der Waals surface area contributed by atoms with Crippen LogP contribution in [0.25, 0.3) is 11.0 Å². The zero-order valence-electron chi connectivity index (χ0n) is 13.5. The first-order valence-electron chi connectivity index (χ1n) is 7.45. The zero-order chi connectivity index (χ0) is 18.3. The summed E-state index contributed by atoms with van der Waals surface area (Å²) in [6.07, 6.45) is -5.62. The lowest BCUT2D eigenvalue weighted by atomic mass is 10.3. The Hall–Kier alpha value is -1.94. The first-order chi connectivity index (χ1) is 11.9. The lowest BCUT2D eigenvalue weighted by molar-refractivity contribution is -0.160. The summed E-state index contributed by atoms with van der Waals surface area (Å²) in [6, 6.07) is 7.66. The zero-order valence-corrected chi connectivity index (χ0v) is 14.3. The van der Waals surface area contributed by atoms with Crippen LogP contribution in [0.2, 0.25) is 0 Å². The number of benzene rings is 1. The molecular weight excluding hydrogens is 359 g/mol. The largest absolute Gasteiger partial charge is 0.440 e. The van der Waals surface area contributed by atoms with Gasteiger partial charge in [-0.25, -0.2) is 9.78 Å². The Labute approximate surface area is 146 Å². The van der Waals surface area contributed by atoms with Gasteiger partial charge in [-0.3, -0.25) is 0 Å². The summed E-state index contributed by atoms with van der Waals surface area (Å²) in [6.45, 7) is -0.288. The third kappa shape index (κ3) is 6.13. The van der Waals surface area contributed by atoms with Crippen LogP contribution in [0, 0.1) is 0 Å². The van der Waals surface area contributed by atoms with E-state index >= 15 is 0 Å². The number of alkyl carbamates (subject to hydrolysis) is 1. The summed E-state index contributed by atoms with van der Waals surface area (Å²) in [7, 11) is 1.61. The third-order valence-corrected chi connectivity index (χ3v) is 4.09. The second kappa shape index (κ2) is 8.95. The van der Waals surface area contributed by atoms with Gasteiger partial charge in [-0.1, -0.05) is 23.9 Å². The average Bonchev–Trinajstić information content (AvgIpc) is 2.92. The molecule has 0 unspecified atom stereocenters. The van der Waals surface area contributed by atoms with E-state index in [1.807, 2.05) is 28.8 Å². The fraction of sp³-hybridized carbons (Fsp3) is 0.467. The molecule has 0 saturated heterocycles. The highest BCUT2D eigenvalue weighted by molar-refractivity contribution is 7.99. The molecule has 0 aliphatic carbocycles. The molecule has 6 nitrogen and oxygen atoms in total. The molecule has 0 aliphatic rings. The molecule has 1 N–H and O–H groups in total. The molecule has 1 aromatic carbocycles. The van der Waals surface area contributed by atoms with Crippen LogP contribution in [0.15, 0.2) is 29.4 Å². The molecule has 0 bridgehead atoms. The van der Waals surface area contributed by atoms with Crippen LogP contribution < -0.4 is 5.32 Å². The van der Waals surface area contributed by atoms with Crippen LogP contribution in [0.3, 0.4) is 0 Å². The van der Waals surface area contributed by atoms with Crippen molar-refractivity contribution in [2.45, 2.75) is 17.9 Å². The number of carbonyl (C=O) groups is 1. The van der Waals surface area contributed by atoms with Gasteiger partial charge in [-0.2, -0.15) is 13.2 Å². The van der Waals surface area contributed by atoms with Crippen molar-refractivity contribution in [2.24, 2.45) is 0 Å². The molecule has 25 heavy (non-hydrogen) atoms. The summed E-state index contributed by atoms with van der Waals surface area (Å²) in [4.78, 5) is 15.7. The maximum Gasteiger partial charge on any atom is 0.422 e. The van der Waals surface area contributed by atoms with E-state index in [0.717, 1.165) is 16.2 Å². The number of nitrogens with zero attached hydrogens (tertiary/aromatic N) is 2. The van der Waals surface area contributed by atoms with E-state index in [1.165, 1.54) is 11.8 Å². The molecule has 0 radical (unpaired) electrons. The van der Waals surface area contributed by atoms with Crippen LogP contribution >= 0.6 is 11.8 Å². The van der Waals surface area contributed by atoms with E-state index in [0.29, 0.717) is 18.9 Å². The molecule has 0 fully saturated rings. The van der Waals surface area contributed by atoms with Gasteiger partial charge in [0.2, 0.25) is 0 Å². The van der Waals surface area contributed by atoms with Crippen molar-refractivity contribution >= 4 is 28.9 Å². The molecule has 0 aliphatic heterocycles. The number of nitrogens with one attached hydrogen (secondary N) is 1. The predicted molar refractivity (Wildman–Crippen MR) is 87.7 cm³/mol. The maximum atomic E-state index is 11.9. The predicted octanol–water partition coefficient (Wildman–Crippen LogP) is 3.06. The number of ether oxygens (including phenoxy) is 2. The minimum absolute atomic E-state index is 0.162. The van der Waals surface area contributed by atoms with E-state index in [9.17, 15) is 18.0 Å². The fourth-order valence-corrected chi connectivity index (χ4v) is 2.95. The molecule has 0 spiro atoms. The maximum absolute atomic E-state index is 11.9. The molecule has 1 amide bonds. The van der Waals surface area contributed by atoms with E-state index in [-0.39, 0.29) is 6.54 Å². The van der Waals surface area contributed by atoms with Crippen LogP contribution in [0.4, 0.5) is 18.0 Å². The summed E-state index contributed by atoms with van der Waals surface area (Å²) in [5.74, 6) is 0.442. The molecular formula is C15H18F3N3O3S. The Morgan fingerprint density at radius 2 is 2.12 bits per heavy atom. The number of thioether (sulfide) groups is 1. The Bertz CT molecular complexity index is 706. The lowest BCUT2D eigenvalue weighted by Crippen LogP contribution is -2.30. The van der Waals surface area contributed by atoms with Crippen molar-refractivity contribution in [1.82, 2.24) is 14.9 Å². The number of fused-ring (bicyclic) bond motifs is 1. The second-order valence-corrected chi connectivity index (χ2v) is 6.06. The van der Waals surface area contributed by atoms with Gasteiger partial charge in [0, 0.05) is 26.0 Å². The standard InChI is InChI=1S/C15H18F3N3O3S/c1-23-8-7-21-12-5-3-2-4-11(12)20-13(21)25-9-6-19-14(22)24-10-15(16,17)18/h2-5H,6-10H2,1H3,(H,19,22). The molecule has 1 heterocycles. The van der Waals surface area contributed by atoms with Crippen molar-refractivity contribution < 1.29 is 27.4 Å². The Balaban J connectivity index is 1.87. The highest BCUT2D eigenvalue weighted by Gasteiger charge is 2.29. The average molecular weight is 377 g/mol. The molecule has 2 aromatic rings. The Morgan fingerprint density at radius 1 is 1.36 bits per heavy atom. The number of amides is 1. The Kier molecular flexibility index (Phi) is 6.94. The number of hydrogen-bond acceptors (Lipinski definition) is 5. The second-order valence-electron chi connectivity index (χ2n) is 4.99. The van der Waals surface area contributed by atoms with Crippen LogP contribution in [0.5, 0.6) is 0 Å².